The second kappa shape index (κ2) is 8.60. The van der Waals surface area contributed by atoms with E-state index in [2.05, 4.69) is 17.0 Å². The number of amides is 1. The van der Waals surface area contributed by atoms with Crippen molar-refractivity contribution in [2.24, 2.45) is 0 Å². The average molecular weight is 393 g/mol. The van der Waals surface area contributed by atoms with Crippen LogP contribution in [0.4, 0.5) is 13.2 Å². The Morgan fingerprint density at radius 1 is 0.964 bits per heavy atom. The van der Waals surface area contributed by atoms with Crippen LogP contribution in [0, 0.1) is 0 Å². The summed E-state index contributed by atoms with van der Waals surface area (Å²) in [5.41, 5.74) is -1.19. The monoisotopic (exact) mass is 393 g/mol. The molecule has 1 fully saturated rings. The third-order valence-electron chi connectivity index (χ3n) is 4.92. The van der Waals surface area contributed by atoms with Crippen molar-refractivity contribution in [3.63, 3.8) is 0 Å². The summed E-state index contributed by atoms with van der Waals surface area (Å²) in [7, 11) is 0. The van der Waals surface area contributed by atoms with Gasteiger partial charge in [0, 0.05) is 38.9 Å². The molecule has 1 amide bonds. The number of halogens is 3. The minimum Gasteiger partial charge on any atom is -0.339 e. The van der Waals surface area contributed by atoms with Crippen LogP contribution in [-0.2, 0) is 23.9 Å². The zero-order valence-electron chi connectivity index (χ0n) is 15.4. The van der Waals surface area contributed by atoms with Gasteiger partial charge in [-0.25, -0.2) is 0 Å². The van der Waals surface area contributed by atoms with Gasteiger partial charge in [-0.15, -0.1) is 0 Å². The molecule has 0 unspecified atom stereocenters. The molecular weight excluding hydrogens is 371 g/mol. The lowest BCUT2D eigenvalue weighted by Crippen LogP contribution is -2.50. The molecule has 5 nitrogen and oxygen atoms in total. The van der Waals surface area contributed by atoms with Crippen molar-refractivity contribution in [2.45, 2.75) is 19.1 Å². The maximum Gasteiger partial charge on any atom is 0.421 e. The number of nitrogens with zero attached hydrogens (tertiary/aromatic N) is 3. The van der Waals surface area contributed by atoms with Crippen LogP contribution >= 0.6 is 0 Å². The van der Waals surface area contributed by atoms with E-state index in [-0.39, 0.29) is 12.5 Å². The highest BCUT2D eigenvalue weighted by molar-refractivity contribution is 5.76. The fourth-order valence-corrected chi connectivity index (χ4v) is 3.28. The molecule has 2 aromatic rings. The van der Waals surface area contributed by atoms with Gasteiger partial charge < -0.3 is 9.47 Å². The molecule has 1 aliphatic rings. The van der Waals surface area contributed by atoms with Crippen molar-refractivity contribution in [1.29, 1.82) is 0 Å². The van der Waals surface area contributed by atoms with Gasteiger partial charge in [-0.1, -0.05) is 30.3 Å². The van der Waals surface area contributed by atoms with Crippen molar-refractivity contribution >= 4 is 5.91 Å². The number of rotatable bonds is 5. The van der Waals surface area contributed by atoms with Crippen molar-refractivity contribution in [3.05, 3.63) is 70.1 Å². The Balaban J connectivity index is 1.52. The SMILES string of the molecule is O=C(Cn1cccc(C(F)(F)F)c1=O)N1CCN(CCc2ccccc2)CC1. The molecule has 8 heteroatoms. The van der Waals surface area contributed by atoms with Crippen molar-refractivity contribution in [1.82, 2.24) is 14.4 Å². The van der Waals surface area contributed by atoms with Gasteiger partial charge in [-0.2, -0.15) is 13.2 Å². The predicted molar refractivity (Wildman–Crippen MR) is 98.9 cm³/mol. The van der Waals surface area contributed by atoms with Crippen LogP contribution in [0.25, 0.3) is 0 Å². The zero-order chi connectivity index (χ0) is 20.1. The van der Waals surface area contributed by atoms with Crippen LogP contribution in [0.5, 0.6) is 0 Å². The Hall–Kier alpha value is -2.61. The molecule has 1 saturated heterocycles. The van der Waals surface area contributed by atoms with Gasteiger partial charge in [0.1, 0.15) is 12.1 Å². The summed E-state index contributed by atoms with van der Waals surface area (Å²) in [6, 6.07) is 12.0. The van der Waals surface area contributed by atoms with E-state index in [4.69, 9.17) is 0 Å². The molecule has 150 valence electrons. The number of pyridine rings is 1. The largest absolute Gasteiger partial charge is 0.421 e. The van der Waals surface area contributed by atoms with E-state index in [9.17, 15) is 22.8 Å². The van der Waals surface area contributed by atoms with Gasteiger partial charge >= 0.3 is 6.18 Å². The second-order valence-corrected chi connectivity index (χ2v) is 6.81. The zero-order valence-corrected chi connectivity index (χ0v) is 15.4. The van der Waals surface area contributed by atoms with Gasteiger partial charge in [0.25, 0.3) is 5.56 Å². The van der Waals surface area contributed by atoms with Gasteiger partial charge in [0.05, 0.1) is 0 Å². The molecule has 2 heterocycles. The minimum atomic E-state index is -4.73. The Morgan fingerprint density at radius 2 is 1.64 bits per heavy atom. The molecular formula is C20H22F3N3O2. The summed E-state index contributed by atoms with van der Waals surface area (Å²) in [5.74, 6) is -0.343. The topological polar surface area (TPSA) is 45.6 Å². The molecule has 1 aromatic carbocycles. The highest BCUT2D eigenvalue weighted by Gasteiger charge is 2.34. The van der Waals surface area contributed by atoms with Crippen LogP contribution in [-0.4, -0.2) is 53.0 Å². The van der Waals surface area contributed by atoms with Crippen LogP contribution < -0.4 is 5.56 Å². The lowest BCUT2D eigenvalue weighted by Gasteiger charge is -2.34. The number of carbonyl (C=O) groups excluding carboxylic acids is 1. The third kappa shape index (κ3) is 5.01. The molecule has 1 aromatic heterocycles. The van der Waals surface area contributed by atoms with Gasteiger partial charge in [0.15, 0.2) is 0 Å². The molecule has 28 heavy (non-hydrogen) atoms. The number of piperazine rings is 1. The van der Waals surface area contributed by atoms with Gasteiger partial charge in [0.2, 0.25) is 5.91 Å². The first-order valence-electron chi connectivity index (χ1n) is 9.15. The van der Waals surface area contributed by atoms with E-state index < -0.39 is 17.3 Å². The Labute approximate surface area is 161 Å². The summed E-state index contributed by atoms with van der Waals surface area (Å²) in [5, 5.41) is 0. The van der Waals surface area contributed by atoms with E-state index in [0.717, 1.165) is 29.7 Å². The van der Waals surface area contributed by atoms with Crippen molar-refractivity contribution in [3.8, 4) is 0 Å². The summed E-state index contributed by atoms with van der Waals surface area (Å²) < 4.78 is 39.4. The number of hydrogen-bond donors (Lipinski definition) is 0. The van der Waals surface area contributed by atoms with E-state index in [1.807, 2.05) is 18.2 Å². The maximum absolute atomic E-state index is 12.8. The lowest BCUT2D eigenvalue weighted by atomic mass is 10.1. The number of benzene rings is 1. The van der Waals surface area contributed by atoms with Crippen LogP contribution in [0.15, 0.2) is 53.5 Å². The molecule has 1 aliphatic heterocycles. The first kappa shape index (κ1) is 20.1. The molecule has 0 saturated carbocycles. The number of alkyl halides is 3. The van der Waals surface area contributed by atoms with Gasteiger partial charge in [-0.05, 0) is 24.1 Å². The number of carbonyl (C=O) groups is 1. The minimum absolute atomic E-state index is 0.343. The average Bonchev–Trinajstić information content (AvgIpc) is 2.68. The number of hydrogen-bond acceptors (Lipinski definition) is 3. The molecule has 0 bridgehead atoms. The van der Waals surface area contributed by atoms with E-state index in [0.29, 0.717) is 26.2 Å². The van der Waals surface area contributed by atoms with Crippen molar-refractivity contribution < 1.29 is 18.0 Å². The van der Waals surface area contributed by atoms with E-state index >= 15 is 0 Å². The highest BCUT2D eigenvalue weighted by atomic mass is 19.4. The van der Waals surface area contributed by atoms with Gasteiger partial charge in [-0.3, -0.25) is 14.5 Å². The maximum atomic E-state index is 12.8. The fraction of sp³-hybridized carbons (Fsp3) is 0.400. The molecule has 0 aliphatic carbocycles. The standard InChI is InChI=1S/C20H22F3N3O2/c21-20(22,23)17-7-4-9-26(19(17)28)15-18(27)25-13-11-24(12-14-25)10-8-16-5-2-1-3-6-16/h1-7,9H,8,10-15H2. The quantitative estimate of drug-likeness (QED) is 0.783. The highest BCUT2D eigenvalue weighted by Crippen LogP contribution is 2.25. The summed E-state index contributed by atoms with van der Waals surface area (Å²) in [6.07, 6.45) is -2.59. The predicted octanol–water partition coefficient (Wildman–Crippen LogP) is 2.25. The molecule has 0 spiro atoms. The van der Waals surface area contributed by atoms with Crippen LogP contribution in [0.1, 0.15) is 11.1 Å². The first-order chi connectivity index (χ1) is 13.3. The fourth-order valence-electron chi connectivity index (χ4n) is 3.28. The normalized spacial score (nSPS) is 15.6. The first-order valence-corrected chi connectivity index (χ1v) is 9.15. The summed E-state index contributed by atoms with van der Waals surface area (Å²) in [4.78, 5) is 28.3. The second-order valence-electron chi connectivity index (χ2n) is 6.81. The van der Waals surface area contributed by atoms with E-state index in [1.54, 1.807) is 4.90 Å². The Bertz CT molecular complexity index is 857. The molecule has 0 radical (unpaired) electrons. The third-order valence-corrected chi connectivity index (χ3v) is 4.92. The number of aromatic nitrogens is 1. The molecule has 3 rings (SSSR count). The van der Waals surface area contributed by atoms with E-state index in [1.165, 1.54) is 11.8 Å². The smallest absolute Gasteiger partial charge is 0.339 e. The van der Waals surface area contributed by atoms with Crippen LogP contribution in [0.2, 0.25) is 0 Å². The summed E-state index contributed by atoms with van der Waals surface area (Å²) in [6.45, 7) is 2.92. The Morgan fingerprint density at radius 3 is 2.29 bits per heavy atom. The Kier molecular flexibility index (Phi) is 6.18. The van der Waals surface area contributed by atoms with Crippen molar-refractivity contribution in [2.75, 3.05) is 32.7 Å². The molecule has 0 N–H and O–H groups in total. The molecule has 0 atom stereocenters. The van der Waals surface area contributed by atoms with Crippen LogP contribution in [0.3, 0.4) is 0 Å². The lowest BCUT2D eigenvalue weighted by molar-refractivity contribution is -0.140. The summed E-state index contributed by atoms with van der Waals surface area (Å²) >= 11 is 0.